The molecule has 1 N–H and O–H groups in total. The van der Waals surface area contributed by atoms with Crippen LogP contribution in [0.3, 0.4) is 0 Å². The quantitative estimate of drug-likeness (QED) is 0.783. The first-order chi connectivity index (χ1) is 10.6. The second-order valence-electron chi connectivity index (χ2n) is 5.16. The molecule has 0 aliphatic heterocycles. The van der Waals surface area contributed by atoms with E-state index in [1.54, 1.807) is 14.0 Å². The van der Waals surface area contributed by atoms with Gasteiger partial charge in [-0.1, -0.05) is 18.2 Å². The van der Waals surface area contributed by atoms with Crippen LogP contribution in [0.1, 0.15) is 21.7 Å². The summed E-state index contributed by atoms with van der Waals surface area (Å²) in [4.78, 5) is 12.6. The molecule has 0 radical (unpaired) electrons. The van der Waals surface area contributed by atoms with Crippen molar-refractivity contribution >= 4 is 22.6 Å². The fourth-order valence-corrected chi connectivity index (χ4v) is 2.51. The van der Waals surface area contributed by atoms with Crippen molar-refractivity contribution in [1.29, 1.82) is 0 Å². The average molecular weight is 295 g/mol. The van der Waals surface area contributed by atoms with Gasteiger partial charge in [-0.2, -0.15) is 0 Å². The summed E-state index contributed by atoms with van der Waals surface area (Å²) in [5, 5.41) is 3.70. The van der Waals surface area contributed by atoms with E-state index in [4.69, 9.17) is 9.15 Å². The molecule has 1 amide bonds. The van der Waals surface area contributed by atoms with Gasteiger partial charge in [-0.15, -0.1) is 0 Å². The van der Waals surface area contributed by atoms with Crippen LogP contribution >= 0.6 is 0 Å². The zero-order chi connectivity index (χ0) is 15.7. The highest BCUT2D eigenvalue weighted by Crippen LogP contribution is 2.29. The summed E-state index contributed by atoms with van der Waals surface area (Å²) in [7, 11) is 1.60. The molecule has 0 saturated heterocycles. The second kappa shape index (κ2) is 5.56. The van der Waals surface area contributed by atoms with Crippen molar-refractivity contribution in [3.63, 3.8) is 0 Å². The van der Waals surface area contributed by atoms with Crippen LogP contribution in [0.2, 0.25) is 0 Å². The minimum absolute atomic E-state index is 0.182. The monoisotopic (exact) mass is 295 g/mol. The third-order valence-corrected chi connectivity index (χ3v) is 3.69. The number of furan rings is 1. The summed E-state index contributed by atoms with van der Waals surface area (Å²) in [6.07, 6.45) is 0. The molecule has 1 aromatic heterocycles. The van der Waals surface area contributed by atoms with Crippen molar-refractivity contribution < 1.29 is 13.9 Å². The van der Waals surface area contributed by atoms with Crippen LogP contribution in [0.5, 0.6) is 5.75 Å². The molecule has 0 aliphatic carbocycles. The van der Waals surface area contributed by atoms with E-state index in [-0.39, 0.29) is 5.91 Å². The minimum Gasteiger partial charge on any atom is -0.497 e. The molecule has 0 aliphatic rings. The largest absolute Gasteiger partial charge is 0.497 e. The fourth-order valence-electron chi connectivity index (χ4n) is 2.51. The molecule has 22 heavy (non-hydrogen) atoms. The maximum atomic E-state index is 12.6. The molecule has 0 unspecified atom stereocenters. The van der Waals surface area contributed by atoms with Gasteiger partial charge >= 0.3 is 0 Å². The molecule has 0 atom stereocenters. The van der Waals surface area contributed by atoms with Gasteiger partial charge in [0.1, 0.15) is 17.1 Å². The summed E-state index contributed by atoms with van der Waals surface area (Å²) >= 11 is 0. The SMILES string of the molecule is COc1ccc2oc(C)c(C(=O)Nc3ccccc3C)c2c1. The molecule has 3 rings (SSSR count). The normalized spacial score (nSPS) is 10.7. The number of benzene rings is 2. The highest BCUT2D eigenvalue weighted by Gasteiger charge is 2.19. The Balaban J connectivity index is 2.03. The van der Waals surface area contributed by atoms with E-state index in [0.29, 0.717) is 22.7 Å². The zero-order valence-corrected chi connectivity index (χ0v) is 12.8. The number of hydrogen-bond donors (Lipinski definition) is 1. The number of anilines is 1. The van der Waals surface area contributed by atoms with Gasteiger partial charge in [0, 0.05) is 11.1 Å². The van der Waals surface area contributed by atoms with Crippen LogP contribution in [0, 0.1) is 13.8 Å². The molecule has 1 heterocycles. The summed E-state index contributed by atoms with van der Waals surface area (Å²) in [6.45, 7) is 3.75. The number of carbonyl (C=O) groups excluding carboxylic acids is 1. The van der Waals surface area contributed by atoms with E-state index in [2.05, 4.69) is 5.32 Å². The molecule has 4 nitrogen and oxygen atoms in total. The number of carbonyl (C=O) groups is 1. The average Bonchev–Trinajstić information content (AvgIpc) is 2.84. The number of amides is 1. The van der Waals surface area contributed by atoms with Crippen molar-refractivity contribution in [3.8, 4) is 5.75 Å². The lowest BCUT2D eigenvalue weighted by Crippen LogP contribution is -2.13. The number of fused-ring (bicyclic) bond motifs is 1. The molecule has 0 bridgehead atoms. The number of hydrogen-bond acceptors (Lipinski definition) is 3. The highest BCUT2D eigenvalue weighted by atomic mass is 16.5. The van der Waals surface area contributed by atoms with E-state index < -0.39 is 0 Å². The van der Waals surface area contributed by atoms with Gasteiger partial charge in [-0.25, -0.2) is 0 Å². The van der Waals surface area contributed by atoms with Crippen LogP contribution in [0.15, 0.2) is 46.9 Å². The van der Waals surface area contributed by atoms with Gasteiger partial charge in [0.2, 0.25) is 0 Å². The molecule has 4 heteroatoms. The number of para-hydroxylation sites is 1. The van der Waals surface area contributed by atoms with Gasteiger partial charge in [-0.05, 0) is 43.7 Å². The Labute approximate surface area is 128 Å². The molecule has 2 aromatic carbocycles. The Hall–Kier alpha value is -2.75. The fraction of sp³-hybridized carbons (Fsp3) is 0.167. The molecular weight excluding hydrogens is 278 g/mol. The van der Waals surface area contributed by atoms with Crippen molar-refractivity contribution in [3.05, 3.63) is 59.4 Å². The van der Waals surface area contributed by atoms with Crippen molar-refractivity contribution in [2.24, 2.45) is 0 Å². The van der Waals surface area contributed by atoms with Crippen LogP contribution < -0.4 is 10.1 Å². The molecule has 3 aromatic rings. The predicted octanol–water partition coefficient (Wildman–Crippen LogP) is 4.31. The first-order valence-corrected chi connectivity index (χ1v) is 7.04. The summed E-state index contributed by atoms with van der Waals surface area (Å²) in [5.41, 5.74) is 3.02. The van der Waals surface area contributed by atoms with E-state index in [1.807, 2.05) is 49.4 Å². The Bertz CT molecular complexity index is 849. The standard InChI is InChI=1S/C18H17NO3/c1-11-6-4-5-7-15(11)19-18(20)17-12(2)22-16-9-8-13(21-3)10-14(16)17/h4-10H,1-3H3,(H,19,20). The lowest BCUT2D eigenvalue weighted by Gasteiger charge is -2.08. The molecule has 0 fully saturated rings. The molecule has 0 saturated carbocycles. The van der Waals surface area contributed by atoms with Gasteiger partial charge in [0.15, 0.2) is 0 Å². The van der Waals surface area contributed by atoms with Crippen LogP contribution in [0.25, 0.3) is 11.0 Å². The van der Waals surface area contributed by atoms with Crippen molar-refractivity contribution in [2.75, 3.05) is 12.4 Å². The minimum atomic E-state index is -0.182. The van der Waals surface area contributed by atoms with E-state index in [9.17, 15) is 4.79 Å². The molecule has 0 spiro atoms. The van der Waals surface area contributed by atoms with Gasteiger partial charge in [-0.3, -0.25) is 4.79 Å². The lowest BCUT2D eigenvalue weighted by molar-refractivity contribution is 0.102. The third kappa shape index (κ3) is 2.44. The number of aryl methyl sites for hydroxylation is 2. The first-order valence-electron chi connectivity index (χ1n) is 7.04. The number of rotatable bonds is 3. The highest BCUT2D eigenvalue weighted by molar-refractivity contribution is 6.13. The van der Waals surface area contributed by atoms with E-state index >= 15 is 0 Å². The lowest BCUT2D eigenvalue weighted by atomic mass is 10.1. The van der Waals surface area contributed by atoms with E-state index in [0.717, 1.165) is 16.6 Å². The summed E-state index contributed by atoms with van der Waals surface area (Å²) in [6, 6.07) is 13.1. The Morgan fingerprint density at radius 3 is 2.64 bits per heavy atom. The number of methoxy groups -OCH3 is 1. The first kappa shape index (κ1) is 14.2. The Morgan fingerprint density at radius 2 is 1.91 bits per heavy atom. The summed E-state index contributed by atoms with van der Waals surface area (Å²) in [5.74, 6) is 1.10. The van der Waals surface area contributed by atoms with Crippen molar-refractivity contribution in [2.45, 2.75) is 13.8 Å². The van der Waals surface area contributed by atoms with Crippen molar-refractivity contribution in [1.82, 2.24) is 0 Å². The van der Waals surface area contributed by atoms with E-state index in [1.165, 1.54) is 0 Å². The topological polar surface area (TPSA) is 51.5 Å². The van der Waals surface area contributed by atoms with Gasteiger partial charge < -0.3 is 14.5 Å². The molecular formula is C18H17NO3. The molecule has 112 valence electrons. The van der Waals surface area contributed by atoms with Crippen LogP contribution in [-0.2, 0) is 0 Å². The maximum Gasteiger partial charge on any atom is 0.259 e. The summed E-state index contributed by atoms with van der Waals surface area (Å²) < 4.78 is 10.9. The zero-order valence-electron chi connectivity index (χ0n) is 12.8. The Morgan fingerprint density at radius 1 is 1.14 bits per heavy atom. The van der Waals surface area contributed by atoms with Crippen LogP contribution in [0.4, 0.5) is 5.69 Å². The third-order valence-electron chi connectivity index (χ3n) is 3.69. The number of ether oxygens (including phenoxy) is 1. The smallest absolute Gasteiger partial charge is 0.259 e. The predicted molar refractivity (Wildman–Crippen MR) is 86.6 cm³/mol. The Kier molecular flexibility index (Phi) is 3.59. The van der Waals surface area contributed by atoms with Crippen LogP contribution in [-0.4, -0.2) is 13.0 Å². The van der Waals surface area contributed by atoms with Gasteiger partial charge in [0.05, 0.1) is 12.7 Å². The number of nitrogens with one attached hydrogen (secondary N) is 1. The second-order valence-corrected chi connectivity index (χ2v) is 5.16. The van der Waals surface area contributed by atoms with Gasteiger partial charge in [0.25, 0.3) is 5.91 Å². The maximum absolute atomic E-state index is 12.6.